The van der Waals surface area contributed by atoms with E-state index >= 15 is 0 Å². The van der Waals surface area contributed by atoms with E-state index in [1.54, 1.807) is 7.11 Å². The molecule has 1 aliphatic rings. The van der Waals surface area contributed by atoms with Crippen molar-refractivity contribution in [1.29, 1.82) is 0 Å². The molecule has 2 aromatic rings. The normalized spacial score (nSPS) is 15.6. The Labute approximate surface area is 187 Å². The molecule has 0 aromatic heterocycles. The number of carbonyl (C=O) groups excluding carboxylic acids is 1. The van der Waals surface area contributed by atoms with Crippen LogP contribution in [0.15, 0.2) is 42.5 Å². The first kappa shape index (κ1) is 23.2. The van der Waals surface area contributed by atoms with Gasteiger partial charge in [0, 0.05) is 17.2 Å². The molecule has 2 aromatic carbocycles. The zero-order valence-electron chi connectivity index (χ0n) is 19.5. The lowest BCUT2D eigenvalue weighted by atomic mass is 9.87. The minimum Gasteiger partial charge on any atom is -0.496 e. The van der Waals surface area contributed by atoms with Crippen molar-refractivity contribution in [3.63, 3.8) is 0 Å². The van der Waals surface area contributed by atoms with Crippen LogP contribution in [-0.2, 0) is 12.0 Å². The monoisotopic (exact) mass is 423 g/mol. The molecule has 1 amide bonds. The van der Waals surface area contributed by atoms with Gasteiger partial charge >= 0.3 is 0 Å². The summed E-state index contributed by atoms with van der Waals surface area (Å²) in [6, 6.07) is 14.1. The van der Waals surface area contributed by atoms with Crippen LogP contribution in [0.4, 0.5) is 0 Å². The molecule has 0 aliphatic heterocycles. The first-order chi connectivity index (χ1) is 14.9. The molecule has 3 rings (SSSR count). The van der Waals surface area contributed by atoms with E-state index < -0.39 is 0 Å². The van der Waals surface area contributed by atoms with Crippen molar-refractivity contribution >= 4 is 5.91 Å². The standard InChI is InChI=1S/C27H37NO3/c1-27(2,3)22-13-15-24(16-14-22)31-19-21-18-20(12-17-25(21)30-4)26(29)28-23-10-8-6-5-7-9-11-23/h12-18,23H,5-11,19H2,1-4H3,(H,28,29). The minimum atomic E-state index is -0.0102. The van der Waals surface area contributed by atoms with Gasteiger partial charge < -0.3 is 14.8 Å². The Morgan fingerprint density at radius 2 is 1.61 bits per heavy atom. The van der Waals surface area contributed by atoms with E-state index in [-0.39, 0.29) is 17.4 Å². The Morgan fingerprint density at radius 3 is 2.23 bits per heavy atom. The van der Waals surface area contributed by atoms with Crippen molar-refractivity contribution in [2.45, 2.75) is 83.8 Å². The quantitative estimate of drug-likeness (QED) is 0.583. The third-order valence-electron chi connectivity index (χ3n) is 6.10. The number of rotatable bonds is 6. The number of nitrogens with one attached hydrogen (secondary N) is 1. The molecule has 4 nitrogen and oxygen atoms in total. The number of methoxy groups -OCH3 is 1. The molecule has 1 saturated carbocycles. The largest absolute Gasteiger partial charge is 0.496 e. The van der Waals surface area contributed by atoms with Crippen LogP contribution in [0, 0.1) is 0 Å². The van der Waals surface area contributed by atoms with Crippen molar-refractivity contribution in [2.75, 3.05) is 7.11 Å². The molecule has 1 aliphatic carbocycles. The SMILES string of the molecule is COc1ccc(C(=O)NC2CCCCCCC2)cc1COc1ccc(C(C)(C)C)cc1. The van der Waals surface area contributed by atoms with Crippen LogP contribution in [0.25, 0.3) is 0 Å². The summed E-state index contributed by atoms with van der Waals surface area (Å²) in [7, 11) is 1.64. The van der Waals surface area contributed by atoms with E-state index in [1.807, 2.05) is 30.3 Å². The molecule has 0 radical (unpaired) electrons. The maximum Gasteiger partial charge on any atom is 0.251 e. The maximum atomic E-state index is 12.9. The highest BCUT2D eigenvalue weighted by atomic mass is 16.5. The zero-order valence-corrected chi connectivity index (χ0v) is 19.5. The van der Waals surface area contributed by atoms with Gasteiger partial charge in [0.1, 0.15) is 18.1 Å². The summed E-state index contributed by atoms with van der Waals surface area (Å²) in [5.41, 5.74) is 2.91. The lowest BCUT2D eigenvalue weighted by Crippen LogP contribution is -2.35. The van der Waals surface area contributed by atoms with Crippen molar-refractivity contribution < 1.29 is 14.3 Å². The second-order valence-corrected chi connectivity index (χ2v) is 9.61. The Balaban J connectivity index is 1.66. The lowest BCUT2D eigenvalue weighted by Gasteiger charge is -2.21. The molecule has 4 heteroatoms. The summed E-state index contributed by atoms with van der Waals surface area (Å²) >= 11 is 0. The van der Waals surface area contributed by atoms with Crippen molar-refractivity contribution in [3.8, 4) is 11.5 Å². The Hall–Kier alpha value is -2.49. The van der Waals surface area contributed by atoms with Gasteiger partial charge in [0.25, 0.3) is 5.91 Å². The molecule has 1 fully saturated rings. The fraction of sp³-hybridized carbons (Fsp3) is 0.519. The van der Waals surface area contributed by atoms with E-state index in [0.29, 0.717) is 12.2 Å². The summed E-state index contributed by atoms with van der Waals surface area (Å²) in [6.45, 7) is 6.94. The molecule has 0 saturated heterocycles. The van der Waals surface area contributed by atoms with E-state index in [2.05, 4.69) is 38.2 Å². The predicted octanol–water partition coefficient (Wildman–Crippen LogP) is 6.41. The van der Waals surface area contributed by atoms with Crippen LogP contribution in [-0.4, -0.2) is 19.1 Å². The fourth-order valence-electron chi connectivity index (χ4n) is 4.11. The van der Waals surface area contributed by atoms with Crippen LogP contribution >= 0.6 is 0 Å². The van der Waals surface area contributed by atoms with Crippen LogP contribution < -0.4 is 14.8 Å². The first-order valence-corrected chi connectivity index (χ1v) is 11.6. The van der Waals surface area contributed by atoms with Gasteiger partial charge in [0.15, 0.2) is 0 Å². The molecule has 0 heterocycles. The summed E-state index contributed by atoms with van der Waals surface area (Å²) in [6.07, 6.45) is 8.40. The van der Waals surface area contributed by atoms with Crippen molar-refractivity contribution in [3.05, 3.63) is 59.2 Å². The lowest BCUT2D eigenvalue weighted by molar-refractivity contribution is 0.0930. The summed E-state index contributed by atoms with van der Waals surface area (Å²) in [5.74, 6) is 1.53. The van der Waals surface area contributed by atoms with Gasteiger partial charge in [-0.25, -0.2) is 0 Å². The smallest absolute Gasteiger partial charge is 0.251 e. The van der Waals surface area contributed by atoms with Crippen molar-refractivity contribution in [2.24, 2.45) is 0 Å². The molecule has 0 bridgehead atoms. The van der Waals surface area contributed by atoms with Gasteiger partial charge in [0.2, 0.25) is 0 Å². The van der Waals surface area contributed by atoms with Crippen LogP contribution in [0.3, 0.4) is 0 Å². The Morgan fingerprint density at radius 1 is 0.968 bits per heavy atom. The average Bonchev–Trinajstić information content (AvgIpc) is 2.73. The molecule has 1 N–H and O–H groups in total. The Kier molecular flexibility index (Phi) is 8.00. The minimum absolute atomic E-state index is 0.0102. The molecule has 168 valence electrons. The fourth-order valence-corrected chi connectivity index (χ4v) is 4.11. The van der Waals surface area contributed by atoms with Crippen molar-refractivity contribution in [1.82, 2.24) is 5.32 Å². The number of hydrogen-bond acceptors (Lipinski definition) is 3. The summed E-state index contributed by atoms with van der Waals surface area (Å²) < 4.78 is 11.5. The van der Waals surface area contributed by atoms with E-state index in [1.165, 1.54) is 37.7 Å². The maximum absolute atomic E-state index is 12.9. The van der Waals surface area contributed by atoms with Gasteiger partial charge in [-0.1, -0.05) is 65.0 Å². The Bertz CT molecular complexity index is 844. The second-order valence-electron chi connectivity index (χ2n) is 9.61. The van der Waals surface area contributed by atoms with Gasteiger partial charge in [-0.15, -0.1) is 0 Å². The van der Waals surface area contributed by atoms with Gasteiger partial charge in [-0.3, -0.25) is 4.79 Å². The number of benzene rings is 2. The molecular formula is C27H37NO3. The number of ether oxygens (including phenoxy) is 2. The highest BCUT2D eigenvalue weighted by Crippen LogP contribution is 2.26. The second kappa shape index (κ2) is 10.7. The summed E-state index contributed by atoms with van der Waals surface area (Å²) in [4.78, 5) is 12.9. The highest BCUT2D eigenvalue weighted by Gasteiger charge is 2.17. The topological polar surface area (TPSA) is 47.6 Å². The number of carbonyl (C=O) groups is 1. The first-order valence-electron chi connectivity index (χ1n) is 11.6. The van der Waals surface area contributed by atoms with Gasteiger partial charge in [-0.05, 0) is 54.2 Å². The van der Waals surface area contributed by atoms with E-state index in [4.69, 9.17) is 9.47 Å². The zero-order chi connectivity index (χ0) is 22.3. The number of hydrogen-bond donors (Lipinski definition) is 1. The summed E-state index contributed by atoms with van der Waals surface area (Å²) in [5, 5.41) is 3.24. The third-order valence-corrected chi connectivity index (χ3v) is 6.10. The van der Waals surface area contributed by atoms with Crippen LogP contribution in [0.1, 0.15) is 87.2 Å². The van der Waals surface area contributed by atoms with E-state index in [0.717, 1.165) is 29.9 Å². The molecule has 0 atom stereocenters. The third kappa shape index (κ3) is 6.75. The van der Waals surface area contributed by atoms with Crippen LogP contribution in [0.5, 0.6) is 11.5 Å². The predicted molar refractivity (Wildman–Crippen MR) is 126 cm³/mol. The molecule has 31 heavy (non-hydrogen) atoms. The molecule has 0 unspecified atom stereocenters. The van der Waals surface area contributed by atoms with E-state index in [9.17, 15) is 4.79 Å². The number of amides is 1. The molecule has 0 spiro atoms. The molecular weight excluding hydrogens is 386 g/mol. The highest BCUT2D eigenvalue weighted by molar-refractivity contribution is 5.94. The van der Waals surface area contributed by atoms with Gasteiger partial charge in [0.05, 0.1) is 7.11 Å². The average molecular weight is 424 g/mol. The van der Waals surface area contributed by atoms with Gasteiger partial charge in [-0.2, -0.15) is 0 Å². The van der Waals surface area contributed by atoms with Crippen LogP contribution in [0.2, 0.25) is 0 Å².